The van der Waals surface area contributed by atoms with Crippen LogP contribution in [0, 0.1) is 0 Å². The number of hydrogen-bond donors (Lipinski definition) is 2. The van der Waals surface area contributed by atoms with Crippen molar-refractivity contribution in [2.24, 2.45) is 0 Å². The highest BCUT2D eigenvalue weighted by molar-refractivity contribution is 5.66. The Morgan fingerprint density at radius 2 is 1.19 bits per heavy atom. The highest BCUT2D eigenvalue weighted by atomic mass is 16.5. The summed E-state index contributed by atoms with van der Waals surface area (Å²) in [5.74, 6) is -0.711. The number of carbonyl (C=O) groups is 2. The molecule has 0 rings (SSSR count). The Morgan fingerprint density at radius 1 is 0.938 bits per heavy atom. The van der Waals surface area contributed by atoms with Gasteiger partial charge in [-0.05, 0) is 13.8 Å². The van der Waals surface area contributed by atoms with Crippen molar-refractivity contribution in [2.45, 2.75) is 39.9 Å². The molecule has 0 fully saturated rings. The fraction of sp³-hybridized carbons (Fsp3) is 0.800. The highest BCUT2D eigenvalue weighted by Crippen LogP contribution is 1.82. The minimum absolute atomic E-state index is 0.0926. The van der Waals surface area contributed by atoms with Crippen molar-refractivity contribution >= 4 is 11.9 Å². The monoisotopic (exact) mass is 236 g/mol. The van der Waals surface area contributed by atoms with Gasteiger partial charge in [0.25, 0.3) is 0 Å². The van der Waals surface area contributed by atoms with Crippen LogP contribution < -0.4 is 0 Å². The summed E-state index contributed by atoms with van der Waals surface area (Å²) in [6, 6.07) is 0. The van der Waals surface area contributed by atoms with Gasteiger partial charge in [0.2, 0.25) is 0 Å². The van der Waals surface area contributed by atoms with Crippen LogP contribution in [0.25, 0.3) is 0 Å². The summed E-state index contributed by atoms with van der Waals surface area (Å²) in [5.41, 5.74) is 0. The van der Waals surface area contributed by atoms with Gasteiger partial charge in [0, 0.05) is 13.8 Å². The van der Waals surface area contributed by atoms with E-state index in [2.05, 4.69) is 9.47 Å². The van der Waals surface area contributed by atoms with Gasteiger partial charge in [0.05, 0.1) is 12.2 Å². The minimum Gasteiger partial charge on any atom is -0.463 e. The van der Waals surface area contributed by atoms with E-state index in [1.54, 1.807) is 13.8 Å². The Bertz CT molecular complexity index is 177. The van der Waals surface area contributed by atoms with E-state index in [9.17, 15) is 9.59 Å². The van der Waals surface area contributed by atoms with Crippen molar-refractivity contribution in [3.05, 3.63) is 0 Å². The molecule has 0 spiro atoms. The number of aliphatic hydroxyl groups excluding tert-OH is 2. The summed E-state index contributed by atoms with van der Waals surface area (Å²) in [6.45, 7) is 5.92. The van der Waals surface area contributed by atoms with E-state index in [4.69, 9.17) is 10.2 Å². The zero-order valence-corrected chi connectivity index (χ0v) is 10.1. The molecule has 0 aromatic heterocycles. The number of esters is 2. The predicted octanol–water partition coefficient (Wildman–Crippen LogP) is -0.139. The van der Waals surface area contributed by atoms with Crippen molar-refractivity contribution in [3.8, 4) is 0 Å². The molecule has 0 saturated carbocycles. The second kappa shape index (κ2) is 10.4. The smallest absolute Gasteiger partial charge is 0.302 e. The summed E-state index contributed by atoms with van der Waals surface area (Å²) in [4.78, 5) is 20.0. The largest absolute Gasteiger partial charge is 0.463 e. The fourth-order valence-electron chi connectivity index (χ4n) is 0.476. The maximum Gasteiger partial charge on any atom is 0.302 e. The number of aliphatic hydroxyl groups is 2. The van der Waals surface area contributed by atoms with E-state index in [0.29, 0.717) is 0 Å². The molecule has 2 atom stereocenters. The number of rotatable bonds is 4. The maximum absolute atomic E-state index is 10.0. The Hall–Kier alpha value is -1.14. The lowest BCUT2D eigenvalue weighted by Gasteiger charge is -2.01. The molecular formula is C10H20O6. The normalized spacial score (nSPS) is 12.9. The van der Waals surface area contributed by atoms with Gasteiger partial charge in [-0.1, -0.05) is 0 Å². The van der Waals surface area contributed by atoms with Crippen LogP contribution >= 0.6 is 0 Å². The molecule has 96 valence electrons. The molecule has 0 aliphatic rings. The van der Waals surface area contributed by atoms with Gasteiger partial charge in [0.15, 0.2) is 0 Å². The third-order valence-corrected chi connectivity index (χ3v) is 1.06. The van der Waals surface area contributed by atoms with E-state index >= 15 is 0 Å². The molecule has 6 heteroatoms. The highest BCUT2D eigenvalue weighted by Gasteiger charge is 1.96. The van der Waals surface area contributed by atoms with Gasteiger partial charge >= 0.3 is 11.9 Å². The molecule has 0 aliphatic carbocycles. The summed E-state index contributed by atoms with van der Waals surface area (Å²) < 4.78 is 8.83. The second-order valence-electron chi connectivity index (χ2n) is 3.30. The Morgan fingerprint density at radius 3 is 1.25 bits per heavy atom. The van der Waals surface area contributed by atoms with E-state index in [0.717, 1.165) is 0 Å². The molecular weight excluding hydrogens is 216 g/mol. The summed E-state index contributed by atoms with van der Waals surface area (Å²) in [7, 11) is 0. The molecule has 16 heavy (non-hydrogen) atoms. The topological polar surface area (TPSA) is 93.1 Å². The van der Waals surface area contributed by atoms with Crippen LogP contribution in [0.5, 0.6) is 0 Å². The van der Waals surface area contributed by atoms with Gasteiger partial charge in [-0.25, -0.2) is 0 Å². The fourth-order valence-corrected chi connectivity index (χ4v) is 0.476. The predicted molar refractivity (Wildman–Crippen MR) is 56.6 cm³/mol. The lowest BCUT2D eigenvalue weighted by atomic mass is 10.4. The molecule has 0 saturated heterocycles. The van der Waals surface area contributed by atoms with E-state index in [-0.39, 0.29) is 25.2 Å². The third kappa shape index (κ3) is 23.0. The Balaban J connectivity index is 0. The zero-order chi connectivity index (χ0) is 13.1. The van der Waals surface area contributed by atoms with Crippen molar-refractivity contribution in [3.63, 3.8) is 0 Å². The standard InChI is InChI=1S/2C5H10O3/c2*1-4(6)3-8-5(2)7/h2*4,6H,3H2,1-2H3. The average molecular weight is 236 g/mol. The molecule has 0 aromatic carbocycles. The lowest BCUT2D eigenvalue weighted by Crippen LogP contribution is -2.12. The minimum atomic E-state index is -0.557. The molecule has 6 nitrogen and oxygen atoms in total. The molecule has 2 unspecified atom stereocenters. The lowest BCUT2D eigenvalue weighted by molar-refractivity contribution is -0.144. The first-order valence-electron chi connectivity index (χ1n) is 4.88. The SMILES string of the molecule is CC(=O)OCC(C)O.CC(=O)OCC(C)O. The van der Waals surface area contributed by atoms with Gasteiger partial charge < -0.3 is 19.7 Å². The first-order valence-corrected chi connectivity index (χ1v) is 4.88. The molecule has 0 aromatic rings. The molecule has 0 radical (unpaired) electrons. The zero-order valence-electron chi connectivity index (χ0n) is 10.1. The second-order valence-corrected chi connectivity index (χ2v) is 3.30. The van der Waals surface area contributed by atoms with Crippen LogP contribution in [0.4, 0.5) is 0 Å². The van der Waals surface area contributed by atoms with Crippen molar-refractivity contribution in [2.75, 3.05) is 13.2 Å². The summed E-state index contributed by atoms with van der Waals surface area (Å²) in [6.07, 6.45) is -1.11. The first-order chi connectivity index (χ1) is 7.25. The van der Waals surface area contributed by atoms with E-state index in [1.807, 2.05) is 0 Å². The van der Waals surface area contributed by atoms with Crippen LogP contribution in [-0.2, 0) is 19.1 Å². The van der Waals surface area contributed by atoms with Crippen molar-refractivity contribution < 1.29 is 29.3 Å². The number of carbonyl (C=O) groups excluding carboxylic acids is 2. The van der Waals surface area contributed by atoms with Gasteiger partial charge in [-0.3, -0.25) is 9.59 Å². The molecule has 0 heterocycles. The maximum atomic E-state index is 10.0. The van der Waals surface area contributed by atoms with Crippen LogP contribution in [-0.4, -0.2) is 47.6 Å². The van der Waals surface area contributed by atoms with Crippen LogP contribution in [0.3, 0.4) is 0 Å². The quantitative estimate of drug-likeness (QED) is 0.660. The van der Waals surface area contributed by atoms with E-state index < -0.39 is 12.2 Å². The molecule has 0 amide bonds. The molecule has 0 bridgehead atoms. The van der Waals surface area contributed by atoms with E-state index in [1.165, 1.54) is 13.8 Å². The van der Waals surface area contributed by atoms with Crippen LogP contribution in [0.1, 0.15) is 27.7 Å². The van der Waals surface area contributed by atoms with Crippen LogP contribution in [0.2, 0.25) is 0 Å². The molecule has 0 aliphatic heterocycles. The summed E-state index contributed by atoms with van der Waals surface area (Å²) in [5, 5.41) is 17.0. The van der Waals surface area contributed by atoms with Crippen LogP contribution in [0.15, 0.2) is 0 Å². The number of hydrogen-bond acceptors (Lipinski definition) is 6. The third-order valence-electron chi connectivity index (χ3n) is 1.06. The van der Waals surface area contributed by atoms with Crippen molar-refractivity contribution in [1.29, 1.82) is 0 Å². The van der Waals surface area contributed by atoms with Gasteiger partial charge in [0.1, 0.15) is 13.2 Å². The Kier molecular flexibility index (Phi) is 11.2. The van der Waals surface area contributed by atoms with Crippen molar-refractivity contribution in [1.82, 2.24) is 0 Å². The average Bonchev–Trinajstić information content (AvgIpc) is 2.12. The Labute approximate surface area is 95.2 Å². The first kappa shape index (κ1) is 17.3. The molecule has 2 N–H and O–H groups in total. The number of ether oxygens (including phenoxy) is 2. The van der Waals surface area contributed by atoms with Gasteiger partial charge in [-0.2, -0.15) is 0 Å². The van der Waals surface area contributed by atoms with Gasteiger partial charge in [-0.15, -0.1) is 0 Å². The summed E-state index contributed by atoms with van der Waals surface area (Å²) >= 11 is 0.